The van der Waals surface area contributed by atoms with Crippen LogP contribution < -0.4 is 24.9 Å². The summed E-state index contributed by atoms with van der Waals surface area (Å²) in [5.41, 5.74) is 2.50. The second kappa shape index (κ2) is 9.11. The normalized spacial score (nSPS) is 15.5. The van der Waals surface area contributed by atoms with E-state index in [1.54, 1.807) is 49.6 Å². The Labute approximate surface area is 203 Å². The van der Waals surface area contributed by atoms with Gasteiger partial charge < -0.3 is 19.6 Å². The number of aromatic nitrogens is 1. The number of nitrogens with zero attached hydrogens (tertiary/aromatic N) is 2. The average molecular weight is 488 g/mol. The molecule has 1 aliphatic heterocycles. The molecule has 3 heterocycles. The number of para-hydroxylation sites is 1. The number of methoxy groups -OCH3 is 1. The number of nitrogens with one attached hydrogen (secondary N) is 1. The van der Waals surface area contributed by atoms with E-state index >= 15 is 0 Å². The highest BCUT2D eigenvalue weighted by atomic mass is 32.1. The monoisotopic (exact) mass is 487 g/mol. The van der Waals surface area contributed by atoms with Crippen molar-refractivity contribution in [3.8, 4) is 11.5 Å². The fourth-order valence-corrected chi connectivity index (χ4v) is 5.07. The number of anilines is 1. The van der Waals surface area contributed by atoms with E-state index in [-0.39, 0.29) is 23.0 Å². The van der Waals surface area contributed by atoms with E-state index in [0.29, 0.717) is 31.9 Å². The summed E-state index contributed by atoms with van der Waals surface area (Å²) in [5, 5.41) is 13.0. The SMILES string of the molecule is COc1cc(C2C(C(=O)Nc3ccccc3)=C(C)N=c3s/c(=C/c4ccoc4)c(=O)n32)ccc1O. The quantitative estimate of drug-likeness (QED) is 0.450. The number of hydrogen-bond acceptors (Lipinski definition) is 7. The third kappa shape index (κ3) is 4.17. The van der Waals surface area contributed by atoms with Gasteiger partial charge in [-0.15, -0.1) is 0 Å². The van der Waals surface area contributed by atoms with Crippen LogP contribution in [0.1, 0.15) is 24.1 Å². The number of hydrogen-bond donors (Lipinski definition) is 2. The number of thiazole rings is 1. The minimum Gasteiger partial charge on any atom is -0.504 e. The summed E-state index contributed by atoms with van der Waals surface area (Å²) in [5.74, 6) is -0.182. The molecule has 5 rings (SSSR count). The largest absolute Gasteiger partial charge is 0.504 e. The molecular formula is C26H21N3O5S. The number of ether oxygens (including phenoxy) is 1. The minimum absolute atomic E-state index is 0.0420. The van der Waals surface area contributed by atoms with Crippen LogP contribution in [-0.4, -0.2) is 22.7 Å². The fraction of sp³-hybridized carbons (Fsp3) is 0.115. The van der Waals surface area contributed by atoms with E-state index < -0.39 is 6.04 Å². The molecule has 1 amide bonds. The molecule has 1 atom stereocenters. The van der Waals surface area contributed by atoms with Gasteiger partial charge in [-0.05, 0) is 48.9 Å². The first-order chi connectivity index (χ1) is 17.0. The molecule has 9 heteroatoms. The molecule has 2 N–H and O–H groups in total. The lowest BCUT2D eigenvalue weighted by molar-refractivity contribution is -0.113. The summed E-state index contributed by atoms with van der Waals surface area (Å²) in [4.78, 5) is 32.2. The van der Waals surface area contributed by atoms with Crippen molar-refractivity contribution in [2.45, 2.75) is 13.0 Å². The van der Waals surface area contributed by atoms with Gasteiger partial charge in [-0.2, -0.15) is 0 Å². The van der Waals surface area contributed by atoms with Crippen LogP contribution in [0.2, 0.25) is 0 Å². The Bertz CT molecular complexity index is 1620. The Morgan fingerprint density at radius 2 is 2.03 bits per heavy atom. The molecule has 0 bridgehead atoms. The lowest BCUT2D eigenvalue weighted by Gasteiger charge is -2.25. The molecular weight excluding hydrogens is 466 g/mol. The smallest absolute Gasteiger partial charge is 0.271 e. The number of phenolic OH excluding ortho intramolecular Hbond substituents is 1. The third-order valence-corrected chi connectivity index (χ3v) is 6.64. The van der Waals surface area contributed by atoms with Crippen molar-refractivity contribution in [1.29, 1.82) is 0 Å². The number of carbonyl (C=O) groups is 1. The number of fused-ring (bicyclic) bond motifs is 1. The van der Waals surface area contributed by atoms with E-state index in [2.05, 4.69) is 10.3 Å². The Morgan fingerprint density at radius 1 is 1.23 bits per heavy atom. The maximum absolute atomic E-state index is 13.6. The Hall–Kier alpha value is -4.37. The summed E-state index contributed by atoms with van der Waals surface area (Å²) in [6.45, 7) is 1.75. The zero-order valence-corrected chi connectivity index (χ0v) is 19.7. The van der Waals surface area contributed by atoms with E-state index in [1.165, 1.54) is 35.3 Å². The van der Waals surface area contributed by atoms with Crippen molar-refractivity contribution in [2.75, 3.05) is 12.4 Å². The van der Waals surface area contributed by atoms with Gasteiger partial charge in [0, 0.05) is 11.3 Å². The molecule has 0 radical (unpaired) electrons. The Morgan fingerprint density at radius 3 is 2.74 bits per heavy atom. The summed E-state index contributed by atoms with van der Waals surface area (Å²) < 4.78 is 12.4. The maximum atomic E-state index is 13.6. The fourth-order valence-electron chi connectivity index (χ4n) is 4.02. The highest BCUT2D eigenvalue weighted by Gasteiger charge is 2.33. The van der Waals surface area contributed by atoms with Crippen molar-refractivity contribution in [1.82, 2.24) is 4.57 Å². The molecule has 0 spiro atoms. The molecule has 2 aromatic carbocycles. The minimum atomic E-state index is -0.782. The van der Waals surface area contributed by atoms with Crippen LogP contribution in [0.5, 0.6) is 11.5 Å². The van der Waals surface area contributed by atoms with Crippen molar-refractivity contribution >= 4 is 29.0 Å². The van der Waals surface area contributed by atoms with Gasteiger partial charge in [-0.25, -0.2) is 4.99 Å². The molecule has 176 valence electrons. The molecule has 0 saturated heterocycles. The zero-order chi connectivity index (χ0) is 24.5. The van der Waals surface area contributed by atoms with Crippen LogP contribution in [0, 0.1) is 0 Å². The third-order valence-electron chi connectivity index (χ3n) is 5.66. The van der Waals surface area contributed by atoms with Gasteiger partial charge >= 0.3 is 0 Å². The summed E-state index contributed by atoms with van der Waals surface area (Å²) in [7, 11) is 1.44. The number of rotatable bonds is 5. The number of allylic oxidation sites excluding steroid dienone is 1. The van der Waals surface area contributed by atoms with Crippen LogP contribution in [0.25, 0.3) is 6.08 Å². The maximum Gasteiger partial charge on any atom is 0.271 e. The van der Waals surface area contributed by atoms with E-state index in [0.717, 1.165) is 5.56 Å². The van der Waals surface area contributed by atoms with Crippen molar-refractivity contribution in [3.63, 3.8) is 0 Å². The van der Waals surface area contributed by atoms with Gasteiger partial charge in [0.2, 0.25) is 0 Å². The first-order valence-electron chi connectivity index (χ1n) is 10.7. The predicted molar refractivity (Wildman–Crippen MR) is 132 cm³/mol. The second-order valence-corrected chi connectivity index (χ2v) is 8.90. The zero-order valence-electron chi connectivity index (χ0n) is 18.9. The van der Waals surface area contributed by atoms with Gasteiger partial charge in [-0.3, -0.25) is 14.2 Å². The van der Waals surface area contributed by atoms with Gasteiger partial charge in [-0.1, -0.05) is 35.6 Å². The number of carbonyl (C=O) groups excluding carboxylic acids is 1. The van der Waals surface area contributed by atoms with Gasteiger partial charge in [0.15, 0.2) is 16.3 Å². The highest BCUT2D eigenvalue weighted by Crippen LogP contribution is 2.35. The molecule has 4 aromatic rings. The number of furan rings is 1. The van der Waals surface area contributed by atoms with Crippen LogP contribution in [0.3, 0.4) is 0 Å². The first-order valence-corrected chi connectivity index (χ1v) is 11.6. The van der Waals surface area contributed by atoms with Gasteiger partial charge in [0.25, 0.3) is 11.5 Å². The Balaban J connectivity index is 1.71. The molecule has 2 aromatic heterocycles. The highest BCUT2D eigenvalue weighted by molar-refractivity contribution is 7.07. The van der Waals surface area contributed by atoms with Crippen molar-refractivity contribution < 1.29 is 19.1 Å². The number of phenols is 1. The molecule has 0 aliphatic carbocycles. The topological polar surface area (TPSA) is 106 Å². The average Bonchev–Trinajstić information content (AvgIpc) is 3.47. The van der Waals surface area contributed by atoms with Crippen LogP contribution in [-0.2, 0) is 4.79 Å². The van der Waals surface area contributed by atoms with Crippen LogP contribution in [0.15, 0.2) is 92.6 Å². The van der Waals surface area contributed by atoms with E-state index in [4.69, 9.17) is 9.15 Å². The second-order valence-electron chi connectivity index (χ2n) is 7.89. The number of amides is 1. The molecule has 35 heavy (non-hydrogen) atoms. The van der Waals surface area contributed by atoms with Crippen LogP contribution in [0.4, 0.5) is 5.69 Å². The molecule has 1 aliphatic rings. The molecule has 8 nitrogen and oxygen atoms in total. The lowest BCUT2D eigenvalue weighted by atomic mass is 9.94. The van der Waals surface area contributed by atoms with Crippen LogP contribution >= 0.6 is 11.3 Å². The first kappa shape index (κ1) is 22.4. The van der Waals surface area contributed by atoms with Crippen molar-refractivity contribution in [3.05, 3.63) is 109 Å². The molecule has 0 saturated carbocycles. The lowest BCUT2D eigenvalue weighted by Crippen LogP contribution is -2.40. The molecule has 0 fully saturated rings. The summed E-state index contributed by atoms with van der Waals surface area (Å²) >= 11 is 1.23. The van der Waals surface area contributed by atoms with Gasteiger partial charge in [0.1, 0.15) is 0 Å². The van der Waals surface area contributed by atoms with E-state index in [9.17, 15) is 14.7 Å². The number of benzene rings is 2. The molecule has 1 unspecified atom stereocenters. The van der Waals surface area contributed by atoms with Gasteiger partial charge in [0.05, 0.1) is 41.5 Å². The van der Waals surface area contributed by atoms with E-state index in [1.807, 2.05) is 18.2 Å². The summed E-state index contributed by atoms with van der Waals surface area (Å²) in [6, 6.07) is 14.8. The van der Waals surface area contributed by atoms with Crippen molar-refractivity contribution in [2.24, 2.45) is 4.99 Å². The predicted octanol–water partition coefficient (Wildman–Crippen LogP) is 3.18. The number of aromatic hydroxyl groups is 1. The summed E-state index contributed by atoms with van der Waals surface area (Å²) in [6.07, 6.45) is 4.81. The standard InChI is InChI=1S/C26H21N3O5S/c1-15-22(24(31)28-18-6-4-3-5-7-18)23(17-8-9-19(30)20(13-17)33-2)29-25(32)21(35-26(29)27-15)12-16-10-11-34-14-16/h3-14,23,30H,1-2H3,(H,28,31)/b21-12+. The Kier molecular flexibility index (Phi) is 5.84.